The van der Waals surface area contributed by atoms with Crippen molar-refractivity contribution in [3.8, 4) is 0 Å². The van der Waals surface area contributed by atoms with Gasteiger partial charge in [0.1, 0.15) is 5.82 Å². The van der Waals surface area contributed by atoms with E-state index >= 15 is 0 Å². The van der Waals surface area contributed by atoms with Crippen molar-refractivity contribution in [2.75, 3.05) is 39.3 Å². The van der Waals surface area contributed by atoms with Crippen LogP contribution >= 0.6 is 11.3 Å². The van der Waals surface area contributed by atoms with E-state index in [1.807, 2.05) is 24.0 Å². The molecule has 174 valence electrons. The van der Waals surface area contributed by atoms with Crippen LogP contribution in [0.25, 0.3) is 0 Å². The third-order valence-electron chi connectivity index (χ3n) is 6.32. The number of piperazine rings is 1. The molecule has 2 aromatic rings. The average molecular weight is 480 g/mol. The van der Waals surface area contributed by atoms with Crippen molar-refractivity contribution in [2.45, 2.75) is 31.7 Å². The first-order valence-electron chi connectivity index (χ1n) is 10.8. The lowest BCUT2D eigenvalue weighted by atomic mass is 9.96. The van der Waals surface area contributed by atoms with Crippen molar-refractivity contribution >= 4 is 33.2 Å². The molecule has 0 atom stereocenters. The number of hydrogen-bond donors (Lipinski definition) is 0. The van der Waals surface area contributed by atoms with E-state index in [0.717, 1.165) is 9.75 Å². The van der Waals surface area contributed by atoms with Crippen molar-refractivity contribution in [3.05, 3.63) is 33.9 Å². The summed E-state index contributed by atoms with van der Waals surface area (Å²) < 4.78 is 28.9. The first kappa shape index (κ1) is 22.9. The van der Waals surface area contributed by atoms with E-state index < -0.39 is 10.0 Å². The van der Waals surface area contributed by atoms with E-state index in [0.29, 0.717) is 57.9 Å². The Morgan fingerprint density at radius 2 is 1.62 bits per heavy atom. The zero-order chi connectivity index (χ0) is 23.0. The van der Waals surface area contributed by atoms with E-state index in [-0.39, 0.29) is 22.8 Å². The second kappa shape index (κ2) is 8.95. The molecule has 0 radical (unpaired) electrons. The number of nitrogens with zero attached hydrogens (tertiary/aromatic N) is 5. The first-order chi connectivity index (χ1) is 15.2. The molecule has 4 heterocycles. The molecule has 32 heavy (non-hydrogen) atoms. The average Bonchev–Trinajstić information content (AvgIpc) is 3.38. The molecule has 0 N–H and O–H groups in total. The van der Waals surface area contributed by atoms with Crippen molar-refractivity contribution in [3.63, 3.8) is 0 Å². The van der Waals surface area contributed by atoms with Crippen LogP contribution in [0.1, 0.15) is 33.2 Å². The van der Waals surface area contributed by atoms with Gasteiger partial charge in [0.05, 0.1) is 4.88 Å². The van der Waals surface area contributed by atoms with Crippen LogP contribution in [0.3, 0.4) is 0 Å². The highest BCUT2D eigenvalue weighted by Crippen LogP contribution is 2.26. The fourth-order valence-corrected chi connectivity index (χ4v) is 6.55. The van der Waals surface area contributed by atoms with Crippen LogP contribution in [0.2, 0.25) is 0 Å². The molecule has 11 heteroatoms. The summed E-state index contributed by atoms with van der Waals surface area (Å²) in [6, 6.07) is 3.80. The van der Waals surface area contributed by atoms with Crippen molar-refractivity contribution in [2.24, 2.45) is 13.0 Å². The number of carbonyl (C=O) groups excluding carboxylic acids is 2. The monoisotopic (exact) mass is 479 g/mol. The lowest BCUT2D eigenvalue weighted by molar-refractivity contribution is -0.138. The molecule has 0 aliphatic carbocycles. The maximum atomic E-state index is 13.0. The third kappa shape index (κ3) is 4.46. The van der Waals surface area contributed by atoms with E-state index in [4.69, 9.17) is 0 Å². The lowest BCUT2D eigenvalue weighted by Gasteiger charge is -2.38. The van der Waals surface area contributed by atoms with Gasteiger partial charge in [-0.15, -0.1) is 11.3 Å². The summed E-state index contributed by atoms with van der Waals surface area (Å²) in [6.07, 6.45) is 2.52. The highest BCUT2D eigenvalue weighted by atomic mass is 32.2. The Hall–Kier alpha value is -2.24. The summed E-state index contributed by atoms with van der Waals surface area (Å²) in [4.78, 5) is 35.3. The summed E-state index contributed by atoms with van der Waals surface area (Å²) >= 11 is 1.49. The molecule has 9 nitrogen and oxygen atoms in total. The van der Waals surface area contributed by atoms with Crippen LogP contribution in [-0.2, 0) is 21.9 Å². The molecular formula is C21H29N5O4S2. The SMILES string of the molecule is Cc1ccc(C(=O)N2CCN(C(=O)C3CCN(S(=O)(=O)c4cn(C)c(C)n4)CC3)CC2)s1. The Bertz CT molecular complexity index is 1090. The van der Waals surface area contributed by atoms with Crippen LogP contribution in [-0.4, -0.2) is 83.2 Å². The van der Waals surface area contributed by atoms with Gasteiger partial charge >= 0.3 is 0 Å². The summed E-state index contributed by atoms with van der Waals surface area (Å²) in [5.74, 6) is 0.544. The van der Waals surface area contributed by atoms with E-state index in [9.17, 15) is 18.0 Å². The number of imidazole rings is 1. The summed E-state index contributed by atoms with van der Waals surface area (Å²) in [6.45, 7) is 6.43. The molecule has 2 aliphatic rings. The quantitative estimate of drug-likeness (QED) is 0.662. The number of carbonyl (C=O) groups is 2. The number of thiophene rings is 1. The van der Waals surface area contributed by atoms with Gasteiger partial charge in [-0.2, -0.15) is 4.31 Å². The van der Waals surface area contributed by atoms with Gasteiger partial charge < -0.3 is 14.4 Å². The maximum absolute atomic E-state index is 13.0. The third-order valence-corrected chi connectivity index (χ3v) is 9.08. The molecule has 0 unspecified atom stereocenters. The molecule has 0 aromatic carbocycles. The number of amides is 2. The molecule has 2 aliphatic heterocycles. The standard InChI is InChI=1S/C21H29N5O4S2/c1-15-4-5-18(31-15)21(28)25-12-10-24(11-13-25)20(27)17-6-8-26(9-7-17)32(29,30)19-14-23(3)16(2)22-19/h4-5,14,17H,6-13H2,1-3H3. The second-order valence-corrected chi connectivity index (χ2v) is 11.6. The molecule has 0 spiro atoms. The molecule has 0 saturated carbocycles. The normalized spacial score (nSPS) is 18.8. The molecule has 0 bridgehead atoms. The molecular weight excluding hydrogens is 450 g/mol. The van der Waals surface area contributed by atoms with Gasteiger partial charge in [0, 0.05) is 63.3 Å². The molecule has 2 aromatic heterocycles. The van der Waals surface area contributed by atoms with Gasteiger partial charge in [0.2, 0.25) is 5.91 Å². The Balaban J connectivity index is 1.30. The maximum Gasteiger partial charge on any atom is 0.264 e. The van der Waals surface area contributed by atoms with Gasteiger partial charge in [-0.25, -0.2) is 13.4 Å². The van der Waals surface area contributed by atoms with Crippen molar-refractivity contribution in [1.82, 2.24) is 23.7 Å². The van der Waals surface area contributed by atoms with Crippen LogP contribution in [0.4, 0.5) is 0 Å². The van der Waals surface area contributed by atoms with Gasteiger partial charge in [-0.1, -0.05) is 0 Å². The largest absolute Gasteiger partial charge is 0.339 e. The highest BCUT2D eigenvalue weighted by Gasteiger charge is 2.36. The highest BCUT2D eigenvalue weighted by molar-refractivity contribution is 7.89. The minimum absolute atomic E-state index is 0.0264. The fourth-order valence-electron chi connectivity index (χ4n) is 4.22. The number of hydrogen-bond acceptors (Lipinski definition) is 6. The Morgan fingerprint density at radius 1 is 1.00 bits per heavy atom. The number of aromatic nitrogens is 2. The van der Waals surface area contributed by atoms with Crippen molar-refractivity contribution in [1.29, 1.82) is 0 Å². The van der Waals surface area contributed by atoms with E-state index in [1.54, 1.807) is 23.4 Å². The summed E-state index contributed by atoms with van der Waals surface area (Å²) in [5.41, 5.74) is 0. The predicted octanol–water partition coefficient (Wildman–Crippen LogP) is 1.48. The molecule has 4 rings (SSSR count). The zero-order valence-corrected chi connectivity index (χ0v) is 20.3. The van der Waals surface area contributed by atoms with Gasteiger partial charge in [0.25, 0.3) is 15.9 Å². The van der Waals surface area contributed by atoms with Gasteiger partial charge in [-0.05, 0) is 38.8 Å². The van der Waals surface area contributed by atoms with Crippen LogP contribution < -0.4 is 0 Å². The van der Waals surface area contributed by atoms with E-state index in [1.165, 1.54) is 21.8 Å². The van der Waals surface area contributed by atoms with Gasteiger partial charge in [-0.3, -0.25) is 9.59 Å². The van der Waals surface area contributed by atoms with E-state index in [2.05, 4.69) is 4.98 Å². The lowest BCUT2D eigenvalue weighted by Crippen LogP contribution is -2.53. The number of rotatable bonds is 4. The summed E-state index contributed by atoms with van der Waals surface area (Å²) in [7, 11) is -1.88. The second-order valence-electron chi connectivity index (χ2n) is 8.44. The number of piperidine rings is 1. The Kier molecular flexibility index (Phi) is 6.42. The minimum Gasteiger partial charge on any atom is -0.339 e. The molecule has 2 amide bonds. The summed E-state index contributed by atoms with van der Waals surface area (Å²) in [5, 5.41) is 0.0593. The van der Waals surface area contributed by atoms with Gasteiger partial charge in [0.15, 0.2) is 5.03 Å². The number of sulfonamides is 1. The van der Waals surface area contributed by atoms with Crippen LogP contribution in [0.15, 0.2) is 23.4 Å². The fraction of sp³-hybridized carbons (Fsp3) is 0.571. The van der Waals surface area contributed by atoms with Crippen LogP contribution in [0.5, 0.6) is 0 Å². The molecule has 2 saturated heterocycles. The Labute approximate surface area is 192 Å². The van der Waals surface area contributed by atoms with Crippen LogP contribution in [0, 0.1) is 19.8 Å². The minimum atomic E-state index is -3.65. The smallest absolute Gasteiger partial charge is 0.264 e. The first-order valence-corrected chi connectivity index (χ1v) is 13.1. The zero-order valence-electron chi connectivity index (χ0n) is 18.7. The molecule has 2 fully saturated rings. The predicted molar refractivity (Wildman–Crippen MR) is 121 cm³/mol. The van der Waals surface area contributed by atoms with Crippen molar-refractivity contribution < 1.29 is 18.0 Å². The number of aryl methyl sites for hydroxylation is 3. The Morgan fingerprint density at radius 3 is 2.16 bits per heavy atom. The topological polar surface area (TPSA) is 95.8 Å².